The molecule has 0 heterocycles. The third-order valence-electron chi connectivity index (χ3n) is 2.72. The van der Waals surface area contributed by atoms with Gasteiger partial charge in [-0.1, -0.05) is 23.7 Å². The fourth-order valence-corrected chi connectivity index (χ4v) is 1.85. The molecule has 0 atom stereocenters. The summed E-state index contributed by atoms with van der Waals surface area (Å²) in [7, 11) is 0. The van der Waals surface area contributed by atoms with Crippen molar-refractivity contribution in [1.29, 1.82) is 0 Å². The van der Waals surface area contributed by atoms with Crippen LogP contribution >= 0.6 is 0 Å². The summed E-state index contributed by atoms with van der Waals surface area (Å²) >= 11 is 0. The minimum Gasteiger partial charge on any atom is -0.115 e. The first kappa shape index (κ1) is 11.4. The highest BCUT2D eigenvalue weighted by Crippen LogP contribution is 2.24. The van der Waals surface area contributed by atoms with Crippen molar-refractivity contribution < 1.29 is 0 Å². The molecule has 0 heteroatoms. The van der Waals surface area contributed by atoms with E-state index in [0.29, 0.717) is 11.1 Å². The van der Waals surface area contributed by atoms with Gasteiger partial charge in [-0.15, -0.1) is 25.7 Å². The van der Waals surface area contributed by atoms with Crippen LogP contribution in [0.15, 0.2) is 24.3 Å². The van der Waals surface area contributed by atoms with E-state index in [0.717, 1.165) is 21.9 Å². The van der Waals surface area contributed by atoms with E-state index in [9.17, 15) is 0 Å². The second-order valence-corrected chi connectivity index (χ2v) is 3.72. The van der Waals surface area contributed by atoms with Gasteiger partial charge in [-0.25, -0.2) is 0 Å². The molecule has 2 aromatic rings. The highest BCUT2D eigenvalue weighted by atomic mass is 14.1. The Hall–Kier alpha value is -3.06. The summed E-state index contributed by atoms with van der Waals surface area (Å²) in [6.07, 6.45) is 21.8. The summed E-state index contributed by atoms with van der Waals surface area (Å²) in [6.45, 7) is 0. The lowest BCUT2D eigenvalue weighted by molar-refractivity contribution is 1.61. The molecule has 0 saturated heterocycles. The number of benzene rings is 2. The molecule has 0 spiro atoms. The zero-order valence-electron chi connectivity index (χ0n) is 9.62. The third kappa shape index (κ3) is 1.70. The van der Waals surface area contributed by atoms with E-state index in [1.54, 1.807) is 6.07 Å². The maximum Gasteiger partial charge on any atom is 0.0405 e. The number of hydrogen-bond donors (Lipinski definition) is 0. The Balaban J connectivity index is 2.96. The van der Waals surface area contributed by atoms with E-state index in [1.807, 2.05) is 18.2 Å². The van der Waals surface area contributed by atoms with Gasteiger partial charge in [0.15, 0.2) is 0 Å². The molecule has 0 nitrogen and oxygen atoms in total. The van der Waals surface area contributed by atoms with Crippen molar-refractivity contribution in [2.45, 2.75) is 0 Å². The lowest BCUT2D eigenvalue weighted by atomic mass is 9.96. The van der Waals surface area contributed by atoms with E-state index in [4.69, 9.17) is 25.7 Å². The Morgan fingerprint density at radius 3 is 1.78 bits per heavy atom. The largest absolute Gasteiger partial charge is 0.115 e. The highest BCUT2D eigenvalue weighted by molar-refractivity contribution is 5.92. The van der Waals surface area contributed by atoms with Crippen molar-refractivity contribution in [3.05, 3.63) is 46.5 Å². The van der Waals surface area contributed by atoms with Gasteiger partial charge in [0.1, 0.15) is 0 Å². The fraction of sp³-hybridized carbons (Fsp3) is 0. The van der Waals surface area contributed by atoms with Gasteiger partial charge in [-0.05, 0) is 35.0 Å². The third-order valence-corrected chi connectivity index (χ3v) is 2.72. The molecule has 0 aliphatic carbocycles. The van der Waals surface area contributed by atoms with Crippen LogP contribution < -0.4 is 0 Å². The summed E-state index contributed by atoms with van der Waals surface area (Å²) in [6, 6.07) is 7.34. The summed E-state index contributed by atoms with van der Waals surface area (Å²) in [5.74, 6) is 10.3. The predicted molar refractivity (Wildman–Crippen MR) is 75.7 cm³/mol. The molecule has 2 rings (SSSR count). The molecule has 0 radical (unpaired) electrons. The minimum absolute atomic E-state index is 0.662. The molecule has 2 aromatic carbocycles. The average molecular weight is 224 g/mol. The Morgan fingerprint density at radius 1 is 0.611 bits per heavy atom. The summed E-state index contributed by atoms with van der Waals surface area (Å²) in [4.78, 5) is 0. The van der Waals surface area contributed by atoms with Crippen LogP contribution in [0.3, 0.4) is 0 Å². The average Bonchev–Trinajstić information content (AvgIpc) is 2.44. The van der Waals surface area contributed by atoms with Crippen LogP contribution in [0.2, 0.25) is 0 Å². The normalized spacial score (nSPS) is 8.89. The lowest BCUT2D eigenvalue weighted by Crippen LogP contribution is -1.89. The zero-order chi connectivity index (χ0) is 13.1. The quantitative estimate of drug-likeness (QED) is 0.604. The van der Waals surface area contributed by atoms with Gasteiger partial charge in [-0.2, -0.15) is 0 Å². The van der Waals surface area contributed by atoms with Crippen LogP contribution in [0.25, 0.3) is 10.8 Å². The van der Waals surface area contributed by atoms with Crippen molar-refractivity contribution in [3.8, 4) is 49.4 Å². The van der Waals surface area contributed by atoms with Crippen LogP contribution in [0.5, 0.6) is 0 Å². The van der Waals surface area contributed by atoms with Crippen molar-refractivity contribution in [2.24, 2.45) is 0 Å². The first-order chi connectivity index (χ1) is 8.73. The van der Waals surface area contributed by atoms with E-state index in [-0.39, 0.29) is 0 Å². The van der Waals surface area contributed by atoms with Crippen LogP contribution in [0.4, 0.5) is 0 Å². The maximum atomic E-state index is 5.49. The number of rotatable bonds is 0. The molecule has 0 amide bonds. The molecule has 0 aliphatic rings. The van der Waals surface area contributed by atoms with Crippen LogP contribution in [0.1, 0.15) is 22.3 Å². The summed E-state index contributed by atoms with van der Waals surface area (Å²) in [5, 5.41) is 1.80. The van der Waals surface area contributed by atoms with Gasteiger partial charge in [0.2, 0.25) is 0 Å². The topological polar surface area (TPSA) is 0 Å². The lowest BCUT2D eigenvalue weighted by Gasteiger charge is -2.06. The number of terminal acetylenes is 4. The van der Waals surface area contributed by atoms with Crippen LogP contribution in [0, 0.1) is 49.4 Å². The Morgan fingerprint density at radius 2 is 1.22 bits per heavy atom. The molecule has 0 unspecified atom stereocenters. The second kappa shape index (κ2) is 4.44. The van der Waals surface area contributed by atoms with E-state index < -0.39 is 0 Å². The van der Waals surface area contributed by atoms with E-state index >= 15 is 0 Å². The SMILES string of the molecule is C#Cc1cc(C#C)c2cc(C#C)c(C#C)cc2c1. The van der Waals surface area contributed by atoms with E-state index in [1.165, 1.54) is 0 Å². The van der Waals surface area contributed by atoms with Crippen LogP contribution in [-0.2, 0) is 0 Å². The van der Waals surface area contributed by atoms with Crippen molar-refractivity contribution >= 4 is 10.8 Å². The second-order valence-electron chi connectivity index (χ2n) is 3.72. The Bertz CT molecular complexity index is 807. The van der Waals surface area contributed by atoms with Crippen LogP contribution in [-0.4, -0.2) is 0 Å². The molecule has 0 saturated carbocycles. The Kier molecular flexibility index (Phi) is 2.82. The van der Waals surface area contributed by atoms with Gasteiger partial charge >= 0.3 is 0 Å². The minimum atomic E-state index is 0.662. The summed E-state index contributed by atoms with van der Waals surface area (Å²) in [5.41, 5.74) is 2.78. The monoisotopic (exact) mass is 224 g/mol. The maximum absolute atomic E-state index is 5.49. The molecule has 0 fully saturated rings. The smallest absolute Gasteiger partial charge is 0.0405 e. The molecule has 0 N–H and O–H groups in total. The van der Waals surface area contributed by atoms with E-state index in [2.05, 4.69) is 23.7 Å². The van der Waals surface area contributed by atoms with Gasteiger partial charge in [0.25, 0.3) is 0 Å². The molecular formula is C18H8. The molecule has 80 valence electrons. The first-order valence-electron chi connectivity index (χ1n) is 5.21. The highest BCUT2D eigenvalue weighted by Gasteiger charge is 2.06. The van der Waals surface area contributed by atoms with Gasteiger partial charge < -0.3 is 0 Å². The van der Waals surface area contributed by atoms with Gasteiger partial charge in [0.05, 0.1) is 0 Å². The van der Waals surface area contributed by atoms with Gasteiger partial charge in [-0.3, -0.25) is 0 Å². The molecule has 0 bridgehead atoms. The van der Waals surface area contributed by atoms with Crippen molar-refractivity contribution in [1.82, 2.24) is 0 Å². The molecule has 0 aromatic heterocycles. The molecule has 18 heavy (non-hydrogen) atoms. The summed E-state index contributed by atoms with van der Waals surface area (Å²) < 4.78 is 0. The number of fused-ring (bicyclic) bond motifs is 1. The fourth-order valence-electron chi connectivity index (χ4n) is 1.85. The van der Waals surface area contributed by atoms with Gasteiger partial charge in [0, 0.05) is 22.3 Å². The first-order valence-corrected chi connectivity index (χ1v) is 5.21. The predicted octanol–water partition coefficient (Wildman–Crippen LogP) is 2.77. The standard InChI is InChI=1S/C18H8/c1-5-13-9-16(8-4)18-12-15(7-3)14(6-2)11-17(18)10-13/h1-4,9-12H. The molecular weight excluding hydrogens is 216 g/mol. The zero-order valence-corrected chi connectivity index (χ0v) is 9.62. The number of hydrogen-bond acceptors (Lipinski definition) is 0. The van der Waals surface area contributed by atoms with Crippen molar-refractivity contribution in [3.63, 3.8) is 0 Å². The van der Waals surface area contributed by atoms with Crippen molar-refractivity contribution in [2.75, 3.05) is 0 Å². The Labute approximate surface area is 107 Å². The molecule has 0 aliphatic heterocycles.